The second-order valence-electron chi connectivity index (χ2n) is 15.6. The van der Waals surface area contributed by atoms with Gasteiger partial charge in [-0.05, 0) is 84.2 Å². The topological polar surface area (TPSA) is 78.5 Å². The van der Waals surface area contributed by atoms with E-state index in [0.717, 1.165) is 29.1 Å². The molecule has 2 saturated heterocycles. The SMILES string of the molecule is CC1N(C[C@H]2CN(C(=O)OC(C)(C)C)[C@H](C)CN2CC(=O)N2CC(C)(C)c3ncc(Cc4ccc(F)cc4)cc32)CCOC1(C)C. The van der Waals surface area contributed by atoms with Gasteiger partial charge in [0.05, 0.1) is 30.1 Å². The summed E-state index contributed by atoms with van der Waals surface area (Å²) in [5, 5.41) is 0. The lowest BCUT2D eigenvalue weighted by molar-refractivity contribution is -0.132. The van der Waals surface area contributed by atoms with E-state index in [1.54, 1.807) is 12.1 Å². The molecular weight excluding hydrogens is 585 g/mol. The number of morpholine rings is 1. The monoisotopic (exact) mass is 637 g/mol. The van der Waals surface area contributed by atoms with Crippen molar-refractivity contribution in [2.75, 3.05) is 50.8 Å². The largest absolute Gasteiger partial charge is 0.444 e. The van der Waals surface area contributed by atoms with Crippen LogP contribution in [0.15, 0.2) is 36.5 Å². The van der Waals surface area contributed by atoms with Gasteiger partial charge in [0, 0.05) is 62.5 Å². The minimum Gasteiger partial charge on any atom is -0.444 e. The van der Waals surface area contributed by atoms with E-state index in [0.29, 0.717) is 39.2 Å². The average molecular weight is 638 g/mol. The van der Waals surface area contributed by atoms with E-state index < -0.39 is 5.60 Å². The average Bonchev–Trinajstić information content (AvgIpc) is 3.22. The van der Waals surface area contributed by atoms with E-state index in [-0.39, 0.29) is 53.5 Å². The first kappa shape index (κ1) is 34.3. The van der Waals surface area contributed by atoms with Crippen molar-refractivity contribution >= 4 is 17.7 Å². The number of benzene rings is 1. The van der Waals surface area contributed by atoms with Gasteiger partial charge >= 0.3 is 6.09 Å². The number of hydrogen-bond donors (Lipinski definition) is 0. The third-order valence-corrected chi connectivity index (χ3v) is 9.80. The Hall–Kier alpha value is -3.08. The van der Waals surface area contributed by atoms with E-state index in [1.807, 2.05) is 43.7 Å². The summed E-state index contributed by atoms with van der Waals surface area (Å²) >= 11 is 0. The molecule has 2 fully saturated rings. The van der Waals surface area contributed by atoms with Crippen molar-refractivity contribution in [1.29, 1.82) is 0 Å². The van der Waals surface area contributed by atoms with Crippen LogP contribution in [0, 0.1) is 5.82 Å². The lowest BCUT2D eigenvalue weighted by atomic mass is 9.91. The van der Waals surface area contributed by atoms with Gasteiger partial charge in [-0.25, -0.2) is 9.18 Å². The highest BCUT2D eigenvalue weighted by Crippen LogP contribution is 2.40. The molecule has 3 aliphatic heterocycles. The van der Waals surface area contributed by atoms with Gasteiger partial charge < -0.3 is 19.3 Å². The maximum atomic E-state index is 14.3. The number of piperazine rings is 1. The molecule has 1 unspecified atom stereocenters. The van der Waals surface area contributed by atoms with Crippen LogP contribution in [0.5, 0.6) is 0 Å². The Kier molecular flexibility index (Phi) is 9.57. The predicted octanol–water partition coefficient (Wildman–Crippen LogP) is 5.24. The lowest BCUT2D eigenvalue weighted by Gasteiger charge is -2.50. The third kappa shape index (κ3) is 7.55. The Balaban J connectivity index is 1.38. The Morgan fingerprint density at radius 3 is 2.41 bits per heavy atom. The fourth-order valence-corrected chi connectivity index (χ4v) is 6.94. The number of aromatic nitrogens is 1. The molecule has 1 aromatic carbocycles. The van der Waals surface area contributed by atoms with Gasteiger partial charge in [0.1, 0.15) is 11.4 Å². The standard InChI is InChI=1S/C36H52FN5O4/c1-24-19-40(29(21-41(24)33(44)46-34(3,4)5)20-39-14-15-45-36(8,9)25(39)2)22-31(43)42-23-35(6,7)32-30(42)17-27(18-38-32)16-26-10-12-28(37)13-11-26/h10-13,17-18,24-25,29H,14-16,19-23H2,1-9H3/t24-,25?,29+/m1/s1. The van der Waals surface area contributed by atoms with Gasteiger partial charge in [-0.3, -0.25) is 19.6 Å². The van der Waals surface area contributed by atoms with Crippen LogP contribution in [-0.4, -0.2) is 107 Å². The molecule has 0 radical (unpaired) electrons. The first-order chi connectivity index (χ1) is 21.4. The van der Waals surface area contributed by atoms with Crippen molar-refractivity contribution < 1.29 is 23.5 Å². The molecule has 0 N–H and O–H groups in total. The van der Waals surface area contributed by atoms with Crippen LogP contribution in [0.3, 0.4) is 0 Å². The normalized spacial score (nSPS) is 25.0. The zero-order valence-corrected chi connectivity index (χ0v) is 29.1. The number of nitrogens with zero attached hydrogens (tertiary/aromatic N) is 5. The van der Waals surface area contributed by atoms with Crippen LogP contribution in [0.2, 0.25) is 0 Å². The number of fused-ring (bicyclic) bond motifs is 1. The van der Waals surface area contributed by atoms with Crippen LogP contribution in [-0.2, 0) is 26.1 Å². The summed E-state index contributed by atoms with van der Waals surface area (Å²) in [5.74, 6) is -0.244. The molecule has 0 spiro atoms. The summed E-state index contributed by atoms with van der Waals surface area (Å²) in [5.41, 5.74) is 2.52. The molecule has 5 rings (SSSR count). The van der Waals surface area contributed by atoms with Gasteiger partial charge in [0.2, 0.25) is 5.91 Å². The van der Waals surface area contributed by atoms with Crippen molar-refractivity contribution in [1.82, 2.24) is 19.7 Å². The second kappa shape index (κ2) is 12.8. The maximum Gasteiger partial charge on any atom is 0.410 e. The lowest BCUT2D eigenvalue weighted by Crippen LogP contribution is -2.65. The summed E-state index contributed by atoms with van der Waals surface area (Å²) in [7, 11) is 0. The summed E-state index contributed by atoms with van der Waals surface area (Å²) < 4.78 is 25.4. The molecule has 3 aliphatic rings. The zero-order chi connectivity index (χ0) is 33.6. The smallest absolute Gasteiger partial charge is 0.410 e. The van der Waals surface area contributed by atoms with Gasteiger partial charge in [0.25, 0.3) is 0 Å². The van der Waals surface area contributed by atoms with Crippen molar-refractivity contribution in [3.63, 3.8) is 0 Å². The summed E-state index contributed by atoms with van der Waals surface area (Å²) in [4.78, 5) is 40.8. The van der Waals surface area contributed by atoms with Crippen LogP contribution in [0.25, 0.3) is 0 Å². The number of carbonyl (C=O) groups is 2. The number of hydrogen-bond acceptors (Lipinski definition) is 7. The summed E-state index contributed by atoms with van der Waals surface area (Å²) in [6, 6.07) is 8.54. The molecule has 4 heterocycles. The molecule has 0 aliphatic carbocycles. The van der Waals surface area contributed by atoms with E-state index in [4.69, 9.17) is 14.5 Å². The second-order valence-corrected chi connectivity index (χ2v) is 15.6. The molecule has 252 valence electrons. The molecule has 2 amide bonds. The maximum absolute atomic E-state index is 14.3. The highest BCUT2D eigenvalue weighted by Gasteiger charge is 2.44. The van der Waals surface area contributed by atoms with Gasteiger partial charge in [-0.15, -0.1) is 0 Å². The van der Waals surface area contributed by atoms with Crippen molar-refractivity contribution in [3.05, 3.63) is 59.2 Å². The number of ether oxygens (including phenoxy) is 2. The number of anilines is 1. The molecule has 0 saturated carbocycles. The Bertz CT molecular complexity index is 1420. The summed E-state index contributed by atoms with van der Waals surface area (Å²) in [6.07, 6.45) is 2.15. The molecule has 1 aromatic heterocycles. The highest BCUT2D eigenvalue weighted by molar-refractivity contribution is 5.97. The van der Waals surface area contributed by atoms with E-state index in [9.17, 15) is 14.0 Å². The van der Waals surface area contributed by atoms with Crippen LogP contribution in [0.1, 0.15) is 79.1 Å². The fourth-order valence-electron chi connectivity index (χ4n) is 6.94. The molecule has 2 aromatic rings. The third-order valence-electron chi connectivity index (χ3n) is 9.80. The van der Waals surface area contributed by atoms with Gasteiger partial charge in [-0.1, -0.05) is 26.0 Å². The number of carbonyl (C=O) groups excluding carboxylic acids is 2. The minimum atomic E-state index is -0.596. The molecular formula is C36H52FN5O4. The number of amides is 2. The quantitative estimate of drug-likeness (QED) is 0.429. The molecule has 0 bridgehead atoms. The Morgan fingerprint density at radius 2 is 1.74 bits per heavy atom. The highest BCUT2D eigenvalue weighted by atomic mass is 19.1. The molecule has 10 heteroatoms. The van der Waals surface area contributed by atoms with Gasteiger partial charge in [-0.2, -0.15) is 0 Å². The first-order valence-corrected chi connectivity index (χ1v) is 16.6. The Labute approximate surface area is 274 Å². The molecule has 9 nitrogen and oxygen atoms in total. The van der Waals surface area contributed by atoms with E-state index >= 15 is 0 Å². The number of rotatable bonds is 6. The molecule has 3 atom stereocenters. The van der Waals surface area contributed by atoms with Crippen LogP contribution < -0.4 is 4.90 Å². The van der Waals surface area contributed by atoms with Crippen LogP contribution in [0.4, 0.5) is 14.9 Å². The van der Waals surface area contributed by atoms with Crippen molar-refractivity contribution in [2.45, 2.75) is 103 Å². The van der Waals surface area contributed by atoms with E-state index in [1.165, 1.54) is 12.1 Å². The first-order valence-electron chi connectivity index (χ1n) is 16.6. The summed E-state index contributed by atoms with van der Waals surface area (Å²) in [6.45, 7) is 22.3. The number of halogens is 1. The predicted molar refractivity (Wildman–Crippen MR) is 178 cm³/mol. The fraction of sp³-hybridized carbons (Fsp3) is 0.639. The number of pyridine rings is 1. The zero-order valence-electron chi connectivity index (χ0n) is 29.1. The van der Waals surface area contributed by atoms with E-state index in [2.05, 4.69) is 50.5 Å². The minimum absolute atomic E-state index is 0.0193. The Morgan fingerprint density at radius 1 is 1.04 bits per heavy atom. The van der Waals surface area contributed by atoms with Crippen molar-refractivity contribution in [3.8, 4) is 0 Å². The molecule has 46 heavy (non-hydrogen) atoms. The van der Waals surface area contributed by atoms with Gasteiger partial charge in [0.15, 0.2) is 0 Å². The van der Waals surface area contributed by atoms with Crippen LogP contribution >= 0.6 is 0 Å². The van der Waals surface area contributed by atoms with Crippen molar-refractivity contribution in [2.24, 2.45) is 0 Å².